The van der Waals surface area contributed by atoms with Gasteiger partial charge in [-0.25, -0.2) is 4.79 Å². The smallest absolute Gasteiger partial charge is 0.338 e. The van der Waals surface area contributed by atoms with Gasteiger partial charge >= 0.3 is 5.97 Å². The van der Waals surface area contributed by atoms with Crippen LogP contribution < -0.4 is 0 Å². The monoisotopic (exact) mass is 264 g/mol. The Morgan fingerprint density at radius 2 is 1.89 bits per heavy atom. The maximum Gasteiger partial charge on any atom is 0.338 e. The number of rotatable bonds is 7. The second kappa shape index (κ2) is 7.29. The van der Waals surface area contributed by atoms with Crippen LogP contribution in [0.1, 0.15) is 44.0 Å². The highest BCUT2D eigenvalue weighted by Crippen LogP contribution is 2.27. The number of hydrogen-bond donors (Lipinski definition) is 0. The molecule has 0 saturated carbocycles. The Labute approximate surface area is 115 Å². The van der Waals surface area contributed by atoms with Crippen molar-refractivity contribution in [2.45, 2.75) is 39.2 Å². The van der Waals surface area contributed by atoms with Crippen LogP contribution in [0, 0.1) is 5.92 Å². The molecule has 19 heavy (non-hydrogen) atoms. The molecule has 0 heterocycles. The van der Waals surface area contributed by atoms with Crippen molar-refractivity contribution in [3.8, 4) is 0 Å². The summed E-state index contributed by atoms with van der Waals surface area (Å²) in [7, 11) is 1.68. The first kappa shape index (κ1) is 15.7. The standard InChI is InChI=1S/C16H24O3/c1-5-9-14(12-18-4)16(2,3)19-15(17)13-10-7-6-8-11-13/h6-8,10-11,14H,5,9,12H2,1-4H3. The van der Waals surface area contributed by atoms with Crippen LogP contribution in [0.4, 0.5) is 0 Å². The molecule has 0 spiro atoms. The van der Waals surface area contributed by atoms with Crippen LogP contribution in [-0.4, -0.2) is 25.3 Å². The SMILES string of the molecule is CCCC(COC)C(C)(C)OC(=O)c1ccccc1. The molecule has 0 aliphatic heterocycles. The van der Waals surface area contributed by atoms with E-state index in [9.17, 15) is 4.79 Å². The van der Waals surface area contributed by atoms with Gasteiger partial charge in [-0.05, 0) is 32.4 Å². The van der Waals surface area contributed by atoms with Crippen LogP contribution in [0.5, 0.6) is 0 Å². The van der Waals surface area contributed by atoms with Gasteiger partial charge in [0.25, 0.3) is 0 Å². The number of esters is 1. The van der Waals surface area contributed by atoms with Crippen molar-refractivity contribution in [1.29, 1.82) is 0 Å². The van der Waals surface area contributed by atoms with Crippen molar-refractivity contribution >= 4 is 5.97 Å². The Hall–Kier alpha value is -1.35. The second-order valence-corrected chi connectivity index (χ2v) is 5.30. The predicted molar refractivity (Wildman–Crippen MR) is 76.2 cm³/mol. The van der Waals surface area contributed by atoms with Crippen LogP contribution in [0.2, 0.25) is 0 Å². The Bertz CT molecular complexity index is 378. The molecule has 1 rings (SSSR count). The molecule has 0 fully saturated rings. The van der Waals surface area contributed by atoms with Crippen LogP contribution in [-0.2, 0) is 9.47 Å². The van der Waals surface area contributed by atoms with Gasteiger partial charge in [-0.3, -0.25) is 0 Å². The minimum Gasteiger partial charge on any atom is -0.456 e. The molecule has 1 unspecified atom stereocenters. The first-order valence-corrected chi connectivity index (χ1v) is 6.78. The van der Waals surface area contributed by atoms with Crippen molar-refractivity contribution in [2.24, 2.45) is 5.92 Å². The highest BCUT2D eigenvalue weighted by molar-refractivity contribution is 5.89. The summed E-state index contributed by atoms with van der Waals surface area (Å²) in [5.74, 6) is -0.0713. The summed E-state index contributed by atoms with van der Waals surface area (Å²) in [4.78, 5) is 12.1. The summed E-state index contributed by atoms with van der Waals surface area (Å²) in [6.45, 7) is 6.63. The van der Waals surface area contributed by atoms with Crippen molar-refractivity contribution < 1.29 is 14.3 Å². The topological polar surface area (TPSA) is 35.5 Å². The van der Waals surface area contributed by atoms with Crippen molar-refractivity contribution in [3.63, 3.8) is 0 Å². The lowest BCUT2D eigenvalue weighted by Crippen LogP contribution is -2.39. The molecule has 3 nitrogen and oxygen atoms in total. The third-order valence-corrected chi connectivity index (χ3v) is 3.35. The normalized spacial score (nSPS) is 13.1. The fraction of sp³-hybridized carbons (Fsp3) is 0.562. The van der Waals surface area contributed by atoms with E-state index >= 15 is 0 Å². The second-order valence-electron chi connectivity index (χ2n) is 5.30. The summed E-state index contributed by atoms with van der Waals surface area (Å²) in [6, 6.07) is 9.09. The van der Waals surface area contributed by atoms with Crippen LogP contribution in [0.15, 0.2) is 30.3 Å². The lowest BCUT2D eigenvalue weighted by atomic mass is 9.87. The van der Waals surface area contributed by atoms with E-state index in [-0.39, 0.29) is 11.9 Å². The van der Waals surface area contributed by atoms with Gasteiger partial charge in [0.05, 0.1) is 12.2 Å². The highest BCUT2D eigenvalue weighted by atomic mass is 16.6. The molecule has 0 aromatic heterocycles. The largest absolute Gasteiger partial charge is 0.456 e. The number of carbonyl (C=O) groups is 1. The lowest BCUT2D eigenvalue weighted by Gasteiger charge is -2.33. The number of carbonyl (C=O) groups excluding carboxylic acids is 1. The molecule has 0 bridgehead atoms. The maximum atomic E-state index is 12.1. The molecule has 0 amide bonds. The summed E-state index contributed by atoms with van der Waals surface area (Å²) in [5.41, 5.74) is 0.0575. The molecular weight excluding hydrogens is 240 g/mol. The summed E-state index contributed by atoms with van der Waals surface area (Å²) in [5, 5.41) is 0. The van der Waals surface area contributed by atoms with Gasteiger partial charge in [-0.2, -0.15) is 0 Å². The van der Waals surface area contributed by atoms with Gasteiger partial charge in [0.1, 0.15) is 5.60 Å². The summed E-state index contributed by atoms with van der Waals surface area (Å²) >= 11 is 0. The van der Waals surface area contributed by atoms with Crippen molar-refractivity contribution in [1.82, 2.24) is 0 Å². The van der Waals surface area contributed by atoms with E-state index in [2.05, 4.69) is 6.92 Å². The molecule has 1 aromatic carbocycles. The Morgan fingerprint density at radius 1 is 1.26 bits per heavy atom. The van der Waals surface area contributed by atoms with Gasteiger partial charge in [0, 0.05) is 13.0 Å². The average molecular weight is 264 g/mol. The molecule has 1 aromatic rings. The molecule has 0 aliphatic rings. The summed E-state index contributed by atoms with van der Waals surface area (Å²) < 4.78 is 10.9. The molecule has 0 N–H and O–H groups in total. The fourth-order valence-corrected chi connectivity index (χ4v) is 2.14. The maximum absolute atomic E-state index is 12.1. The molecular formula is C16H24O3. The van der Waals surface area contributed by atoms with E-state index in [1.54, 1.807) is 19.2 Å². The zero-order valence-corrected chi connectivity index (χ0v) is 12.3. The number of ether oxygens (including phenoxy) is 2. The van der Waals surface area contributed by atoms with Gasteiger partial charge < -0.3 is 9.47 Å². The highest BCUT2D eigenvalue weighted by Gasteiger charge is 2.33. The van der Waals surface area contributed by atoms with Crippen molar-refractivity contribution in [3.05, 3.63) is 35.9 Å². The quantitative estimate of drug-likeness (QED) is 0.705. The fourth-order valence-electron chi connectivity index (χ4n) is 2.14. The Kier molecular flexibility index (Phi) is 6.03. The summed E-state index contributed by atoms with van der Waals surface area (Å²) in [6.07, 6.45) is 2.02. The lowest BCUT2D eigenvalue weighted by molar-refractivity contribution is -0.0504. The first-order chi connectivity index (χ1) is 9.01. The Balaban J connectivity index is 2.74. The number of benzene rings is 1. The zero-order valence-electron chi connectivity index (χ0n) is 12.3. The van der Waals surface area contributed by atoms with Crippen LogP contribution in [0.3, 0.4) is 0 Å². The van der Waals surface area contributed by atoms with E-state index in [1.165, 1.54) is 0 Å². The van der Waals surface area contributed by atoms with Gasteiger partial charge in [-0.1, -0.05) is 31.5 Å². The predicted octanol–water partition coefficient (Wildman–Crippen LogP) is 3.68. The minimum atomic E-state index is -0.529. The molecule has 0 radical (unpaired) electrons. The average Bonchev–Trinajstić information content (AvgIpc) is 2.39. The number of hydrogen-bond acceptors (Lipinski definition) is 3. The van der Waals surface area contributed by atoms with Crippen molar-refractivity contribution in [2.75, 3.05) is 13.7 Å². The van der Waals surface area contributed by atoms with E-state index in [0.717, 1.165) is 12.8 Å². The van der Waals surface area contributed by atoms with Crippen LogP contribution >= 0.6 is 0 Å². The van der Waals surface area contributed by atoms with Gasteiger partial charge in [-0.15, -0.1) is 0 Å². The molecule has 0 saturated heterocycles. The van der Waals surface area contributed by atoms with E-state index in [1.807, 2.05) is 32.0 Å². The van der Waals surface area contributed by atoms with Gasteiger partial charge in [0.2, 0.25) is 0 Å². The Morgan fingerprint density at radius 3 is 2.42 bits per heavy atom. The molecule has 1 atom stereocenters. The van der Waals surface area contributed by atoms with E-state index in [0.29, 0.717) is 12.2 Å². The molecule has 0 aliphatic carbocycles. The minimum absolute atomic E-state index is 0.204. The van der Waals surface area contributed by atoms with Gasteiger partial charge in [0.15, 0.2) is 0 Å². The number of methoxy groups -OCH3 is 1. The van der Waals surface area contributed by atoms with Crippen LogP contribution in [0.25, 0.3) is 0 Å². The zero-order chi connectivity index (χ0) is 14.3. The van der Waals surface area contributed by atoms with E-state index < -0.39 is 5.60 Å². The molecule has 3 heteroatoms. The third kappa shape index (κ3) is 4.67. The van der Waals surface area contributed by atoms with E-state index in [4.69, 9.17) is 9.47 Å². The first-order valence-electron chi connectivity index (χ1n) is 6.78. The third-order valence-electron chi connectivity index (χ3n) is 3.35. The molecule has 106 valence electrons.